The number of carbonyl (C=O) groups excluding carboxylic acids is 1. The zero-order valence-corrected chi connectivity index (χ0v) is 16.0. The largest absolute Gasteiger partial charge is 0.497 e. The summed E-state index contributed by atoms with van der Waals surface area (Å²) in [6.45, 7) is 0.0538. The van der Waals surface area contributed by atoms with Crippen molar-refractivity contribution >= 4 is 28.6 Å². The van der Waals surface area contributed by atoms with E-state index in [1.54, 1.807) is 25.3 Å². The first-order valence-corrected chi connectivity index (χ1v) is 9.70. The predicted molar refractivity (Wildman–Crippen MR) is 104 cm³/mol. The van der Waals surface area contributed by atoms with Crippen LogP contribution in [0.15, 0.2) is 52.5 Å². The second kappa shape index (κ2) is 7.90. The molecule has 0 aliphatic rings. The minimum atomic E-state index is -1.27. The van der Waals surface area contributed by atoms with E-state index >= 15 is 0 Å². The maximum atomic E-state index is 12.7. The Morgan fingerprint density at radius 2 is 2.04 bits per heavy atom. The van der Waals surface area contributed by atoms with Crippen LogP contribution in [0, 0.1) is 0 Å². The number of nitrogens with one attached hydrogen (secondary N) is 1. The summed E-state index contributed by atoms with van der Waals surface area (Å²) in [5.41, 5.74) is -0.136. The number of benzene rings is 1. The SMILES string of the molecule is COc1ccc(C(=O)NCC(O)(c2ccsc2)c2cccs2)c(OC)c1. The summed E-state index contributed by atoms with van der Waals surface area (Å²) in [5.74, 6) is 0.693. The van der Waals surface area contributed by atoms with Gasteiger partial charge in [0, 0.05) is 16.5 Å². The molecular weight excluding hydrogens is 370 g/mol. The van der Waals surface area contributed by atoms with Gasteiger partial charge in [-0.3, -0.25) is 4.79 Å². The van der Waals surface area contributed by atoms with Crippen LogP contribution in [0.2, 0.25) is 0 Å². The molecule has 3 aromatic rings. The Hall–Kier alpha value is -2.35. The van der Waals surface area contributed by atoms with Gasteiger partial charge in [-0.15, -0.1) is 11.3 Å². The third-order valence-electron chi connectivity index (χ3n) is 4.09. The number of hydrogen-bond acceptors (Lipinski definition) is 6. The van der Waals surface area contributed by atoms with E-state index < -0.39 is 5.60 Å². The Morgan fingerprint density at radius 3 is 2.65 bits per heavy atom. The lowest BCUT2D eigenvalue weighted by Crippen LogP contribution is -2.41. The molecule has 0 spiro atoms. The first-order valence-electron chi connectivity index (χ1n) is 7.87. The van der Waals surface area contributed by atoms with Gasteiger partial charge in [-0.1, -0.05) is 6.07 Å². The molecule has 0 aliphatic carbocycles. The molecule has 0 saturated heterocycles. The van der Waals surface area contributed by atoms with Gasteiger partial charge < -0.3 is 19.9 Å². The van der Waals surface area contributed by atoms with Crippen molar-refractivity contribution in [2.75, 3.05) is 20.8 Å². The van der Waals surface area contributed by atoms with Crippen molar-refractivity contribution in [2.45, 2.75) is 5.60 Å². The highest BCUT2D eigenvalue weighted by molar-refractivity contribution is 7.10. The summed E-state index contributed by atoms with van der Waals surface area (Å²) in [7, 11) is 3.05. The lowest BCUT2D eigenvalue weighted by Gasteiger charge is -2.27. The van der Waals surface area contributed by atoms with Crippen molar-refractivity contribution < 1.29 is 19.4 Å². The number of amides is 1. The Balaban J connectivity index is 1.83. The molecule has 26 heavy (non-hydrogen) atoms. The van der Waals surface area contributed by atoms with Crippen molar-refractivity contribution in [3.8, 4) is 11.5 Å². The van der Waals surface area contributed by atoms with Gasteiger partial charge in [0.2, 0.25) is 0 Å². The van der Waals surface area contributed by atoms with Gasteiger partial charge in [0.25, 0.3) is 5.91 Å². The fourth-order valence-corrected chi connectivity index (χ4v) is 4.20. The summed E-state index contributed by atoms with van der Waals surface area (Å²) in [4.78, 5) is 13.4. The highest BCUT2D eigenvalue weighted by atomic mass is 32.1. The van der Waals surface area contributed by atoms with Gasteiger partial charge in [0.05, 0.1) is 26.3 Å². The molecule has 136 valence electrons. The van der Waals surface area contributed by atoms with E-state index in [0.29, 0.717) is 17.1 Å². The van der Waals surface area contributed by atoms with Crippen LogP contribution in [-0.2, 0) is 5.60 Å². The molecule has 0 bridgehead atoms. The van der Waals surface area contributed by atoms with Crippen molar-refractivity contribution in [3.05, 3.63) is 68.5 Å². The molecule has 7 heteroatoms. The van der Waals surface area contributed by atoms with Crippen molar-refractivity contribution in [2.24, 2.45) is 0 Å². The zero-order valence-electron chi connectivity index (χ0n) is 14.4. The number of hydrogen-bond donors (Lipinski definition) is 2. The van der Waals surface area contributed by atoms with Crippen LogP contribution in [0.1, 0.15) is 20.8 Å². The summed E-state index contributed by atoms with van der Waals surface area (Å²) in [5, 5.41) is 19.8. The minimum absolute atomic E-state index is 0.0538. The molecule has 2 aromatic heterocycles. The van der Waals surface area contributed by atoms with E-state index in [1.165, 1.54) is 29.8 Å². The predicted octanol–water partition coefficient (Wildman–Crippen LogP) is 3.49. The van der Waals surface area contributed by atoms with E-state index in [-0.39, 0.29) is 12.5 Å². The van der Waals surface area contributed by atoms with Crippen molar-refractivity contribution in [1.29, 1.82) is 0 Å². The van der Waals surface area contributed by atoms with Crippen molar-refractivity contribution in [3.63, 3.8) is 0 Å². The molecule has 1 aromatic carbocycles. The Kier molecular flexibility index (Phi) is 5.61. The van der Waals surface area contributed by atoms with Crippen LogP contribution >= 0.6 is 22.7 Å². The quantitative estimate of drug-likeness (QED) is 0.649. The number of methoxy groups -OCH3 is 2. The number of thiophene rings is 2. The molecule has 5 nitrogen and oxygen atoms in total. The highest BCUT2D eigenvalue weighted by Gasteiger charge is 2.34. The molecular formula is C19H19NO4S2. The lowest BCUT2D eigenvalue weighted by atomic mass is 9.94. The molecule has 0 saturated carbocycles. The topological polar surface area (TPSA) is 67.8 Å². The van der Waals surface area contributed by atoms with Gasteiger partial charge in [-0.25, -0.2) is 0 Å². The van der Waals surface area contributed by atoms with Crippen LogP contribution in [-0.4, -0.2) is 31.8 Å². The first kappa shape index (κ1) is 18.4. The molecule has 1 atom stereocenters. The molecule has 2 heterocycles. The lowest BCUT2D eigenvalue weighted by molar-refractivity contribution is 0.0719. The van der Waals surface area contributed by atoms with Crippen LogP contribution < -0.4 is 14.8 Å². The Bertz CT molecular complexity index is 826. The fourth-order valence-electron chi connectivity index (χ4n) is 2.63. The number of carbonyl (C=O) groups is 1. The second-order valence-corrected chi connectivity index (χ2v) is 7.33. The molecule has 1 unspecified atom stereocenters. The summed E-state index contributed by atoms with van der Waals surface area (Å²) in [6, 6.07) is 10.6. The summed E-state index contributed by atoms with van der Waals surface area (Å²) >= 11 is 2.95. The average Bonchev–Trinajstić information content (AvgIpc) is 3.39. The Morgan fingerprint density at radius 1 is 1.19 bits per heavy atom. The molecule has 1 amide bonds. The van der Waals surface area contributed by atoms with Crippen LogP contribution in [0.5, 0.6) is 11.5 Å². The number of ether oxygens (including phenoxy) is 2. The number of aliphatic hydroxyl groups is 1. The monoisotopic (exact) mass is 389 g/mol. The maximum Gasteiger partial charge on any atom is 0.255 e. The average molecular weight is 389 g/mol. The van der Waals surface area contributed by atoms with Crippen LogP contribution in [0.4, 0.5) is 0 Å². The summed E-state index contributed by atoms with van der Waals surface area (Å²) in [6.07, 6.45) is 0. The summed E-state index contributed by atoms with van der Waals surface area (Å²) < 4.78 is 10.4. The normalized spacial score (nSPS) is 13.0. The van der Waals surface area contributed by atoms with E-state index in [9.17, 15) is 9.90 Å². The fraction of sp³-hybridized carbons (Fsp3) is 0.211. The van der Waals surface area contributed by atoms with Crippen molar-refractivity contribution in [1.82, 2.24) is 5.32 Å². The standard InChI is InChI=1S/C19H19NO4S2/c1-23-14-5-6-15(16(10-14)24-2)18(21)20-12-19(22,13-7-9-25-11-13)17-4-3-8-26-17/h3-11,22H,12H2,1-2H3,(H,20,21). The van der Waals surface area contributed by atoms with Crippen LogP contribution in [0.25, 0.3) is 0 Å². The number of rotatable bonds is 7. The third-order valence-corrected chi connectivity index (χ3v) is 5.79. The van der Waals surface area contributed by atoms with E-state index in [2.05, 4.69) is 5.32 Å². The smallest absolute Gasteiger partial charge is 0.255 e. The molecule has 3 rings (SSSR count). The van der Waals surface area contributed by atoms with E-state index in [1.807, 2.05) is 34.3 Å². The van der Waals surface area contributed by atoms with Gasteiger partial charge in [0.15, 0.2) is 0 Å². The van der Waals surface area contributed by atoms with Gasteiger partial charge in [-0.2, -0.15) is 11.3 Å². The molecule has 0 aliphatic heterocycles. The molecule has 0 fully saturated rings. The maximum absolute atomic E-state index is 12.7. The van der Waals surface area contributed by atoms with Gasteiger partial charge in [0.1, 0.15) is 17.1 Å². The molecule has 2 N–H and O–H groups in total. The van der Waals surface area contributed by atoms with E-state index in [4.69, 9.17) is 9.47 Å². The second-order valence-electron chi connectivity index (χ2n) is 5.60. The van der Waals surface area contributed by atoms with Gasteiger partial charge >= 0.3 is 0 Å². The third kappa shape index (κ3) is 3.60. The highest BCUT2D eigenvalue weighted by Crippen LogP contribution is 2.34. The Labute approximate surface area is 159 Å². The zero-order chi connectivity index (χ0) is 18.6. The van der Waals surface area contributed by atoms with E-state index in [0.717, 1.165) is 10.4 Å². The minimum Gasteiger partial charge on any atom is -0.497 e. The van der Waals surface area contributed by atoms with Crippen LogP contribution in [0.3, 0.4) is 0 Å². The first-order chi connectivity index (χ1) is 12.6. The molecule has 0 radical (unpaired) electrons. The van der Waals surface area contributed by atoms with Gasteiger partial charge in [-0.05, 0) is 40.4 Å².